The van der Waals surface area contributed by atoms with Gasteiger partial charge in [-0.1, -0.05) is 15.9 Å². The number of nitrogens with one attached hydrogen (secondary N) is 1. The molecule has 0 unspecified atom stereocenters. The SMILES string of the molecule is O=C(Nc1ccc(Br)cc1)N1CCN(Cc2ccncc2)CC1. The number of amides is 2. The Kier molecular flexibility index (Phi) is 5.25. The lowest BCUT2D eigenvalue weighted by Crippen LogP contribution is -2.49. The molecule has 0 spiro atoms. The molecule has 2 heterocycles. The molecule has 2 amide bonds. The molecule has 0 aliphatic carbocycles. The molecule has 6 heteroatoms. The monoisotopic (exact) mass is 374 g/mol. The van der Waals surface area contributed by atoms with Crippen LogP contribution in [-0.4, -0.2) is 47.0 Å². The standard InChI is InChI=1S/C17H19BrN4O/c18-15-1-3-16(4-2-15)20-17(23)22-11-9-21(10-12-22)13-14-5-7-19-8-6-14/h1-8H,9-13H2,(H,20,23). The highest BCUT2D eigenvalue weighted by molar-refractivity contribution is 9.10. The van der Waals surface area contributed by atoms with Gasteiger partial charge in [0.15, 0.2) is 0 Å². The maximum Gasteiger partial charge on any atom is 0.321 e. The number of piperazine rings is 1. The van der Waals surface area contributed by atoms with Crippen molar-refractivity contribution in [3.63, 3.8) is 0 Å². The van der Waals surface area contributed by atoms with Gasteiger partial charge in [0.05, 0.1) is 0 Å². The van der Waals surface area contributed by atoms with E-state index in [-0.39, 0.29) is 6.03 Å². The first kappa shape index (κ1) is 16.0. The second-order valence-corrected chi connectivity index (χ2v) is 6.47. The second kappa shape index (κ2) is 7.57. The first-order chi connectivity index (χ1) is 11.2. The molecule has 0 radical (unpaired) electrons. The van der Waals surface area contributed by atoms with E-state index in [1.54, 1.807) is 0 Å². The Bertz CT molecular complexity index is 639. The van der Waals surface area contributed by atoms with Crippen molar-refractivity contribution in [3.8, 4) is 0 Å². The number of halogens is 1. The van der Waals surface area contributed by atoms with Crippen molar-refractivity contribution in [2.24, 2.45) is 0 Å². The molecule has 3 rings (SSSR count). The number of rotatable bonds is 3. The Morgan fingerprint density at radius 3 is 2.35 bits per heavy atom. The number of hydrogen-bond donors (Lipinski definition) is 1. The first-order valence-corrected chi connectivity index (χ1v) is 8.43. The number of carbonyl (C=O) groups is 1. The minimum atomic E-state index is -0.0316. The largest absolute Gasteiger partial charge is 0.322 e. The molecule has 120 valence electrons. The number of hydrogen-bond acceptors (Lipinski definition) is 3. The van der Waals surface area contributed by atoms with Crippen LogP contribution in [-0.2, 0) is 6.54 Å². The fraction of sp³-hybridized carbons (Fsp3) is 0.294. The van der Waals surface area contributed by atoms with E-state index in [4.69, 9.17) is 0 Å². The summed E-state index contributed by atoms with van der Waals surface area (Å²) in [5.74, 6) is 0. The van der Waals surface area contributed by atoms with Gasteiger partial charge in [-0.3, -0.25) is 9.88 Å². The van der Waals surface area contributed by atoms with E-state index >= 15 is 0 Å². The van der Waals surface area contributed by atoms with Crippen molar-refractivity contribution in [1.82, 2.24) is 14.8 Å². The van der Waals surface area contributed by atoms with Crippen LogP contribution < -0.4 is 5.32 Å². The summed E-state index contributed by atoms with van der Waals surface area (Å²) >= 11 is 3.39. The van der Waals surface area contributed by atoms with E-state index in [9.17, 15) is 4.79 Å². The van der Waals surface area contributed by atoms with Crippen LogP contribution in [0.3, 0.4) is 0 Å². The summed E-state index contributed by atoms with van der Waals surface area (Å²) in [5, 5.41) is 2.94. The third-order valence-electron chi connectivity index (χ3n) is 3.91. The predicted molar refractivity (Wildman–Crippen MR) is 94.2 cm³/mol. The number of pyridine rings is 1. The zero-order valence-electron chi connectivity index (χ0n) is 12.8. The third kappa shape index (κ3) is 4.53. The van der Waals surface area contributed by atoms with Crippen LogP contribution in [0.4, 0.5) is 10.5 Å². The summed E-state index contributed by atoms with van der Waals surface area (Å²) in [6.07, 6.45) is 3.63. The third-order valence-corrected chi connectivity index (χ3v) is 4.44. The maximum absolute atomic E-state index is 12.3. The van der Waals surface area contributed by atoms with E-state index in [1.165, 1.54) is 5.56 Å². The Morgan fingerprint density at radius 2 is 1.70 bits per heavy atom. The van der Waals surface area contributed by atoms with Crippen molar-refractivity contribution in [2.75, 3.05) is 31.5 Å². The van der Waals surface area contributed by atoms with Crippen LogP contribution in [0.2, 0.25) is 0 Å². The van der Waals surface area contributed by atoms with Gasteiger partial charge in [0.2, 0.25) is 0 Å². The van der Waals surface area contributed by atoms with E-state index in [1.807, 2.05) is 53.7 Å². The average Bonchev–Trinajstić information content (AvgIpc) is 2.58. The minimum absolute atomic E-state index is 0.0316. The number of nitrogens with zero attached hydrogens (tertiary/aromatic N) is 3. The summed E-state index contributed by atoms with van der Waals surface area (Å²) in [7, 11) is 0. The first-order valence-electron chi connectivity index (χ1n) is 7.63. The summed E-state index contributed by atoms with van der Waals surface area (Å²) in [5.41, 5.74) is 2.07. The molecule has 1 aromatic carbocycles. The van der Waals surface area contributed by atoms with Gasteiger partial charge < -0.3 is 10.2 Å². The van der Waals surface area contributed by atoms with Crippen molar-refractivity contribution < 1.29 is 4.79 Å². The molecular formula is C17H19BrN4O. The molecule has 1 saturated heterocycles. The fourth-order valence-corrected chi connectivity index (χ4v) is 2.86. The van der Waals surface area contributed by atoms with Crippen molar-refractivity contribution in [2.45, 2.75) is 6.54 Å². The van der Waals surface area contributed by atoms with Gasteiger partial charge in [0.25, 0.3) is 0 Å². The van der Waals surface area contributed by atoms with E-state index < -0.39 is 0 Å². The predicted octanol–water partition coefficient (Wildman–Crippen LogP) is 3.19. The maximum atomic E-state index is 12.3. The molecule has 1 aromatic heterocycles. The highest BCUT2D eigenvalue weighted by atomic mass is 79.9. The van der Waals surface area contributed by atoms with E-state index in [0.29, 0.717) is 0 Å². The number of anilines is 1. The fourth-order valence-electron chi connectivity index (χ4n) is 2.59. The van der Waals surface area contributed by atoms with Gasteiger partial charge in [-0.05, 0) is 42.0 Å². The Balaban J connectivity index is 1.48. The van der Waals surface area contributed by atoms with Crippen molar-refractivity contribution in [3.05, 3.63) is 58.8 Å². The molecule has 2 aromatic rings. The summed E-state index contributed by atoms with van der Waals surface area (Å²) in [4.78, 5) is 20.6. The molecule has 0 saturated carbocycles. The molecule has 1 aliphatic rings. The van der Waals surface area contributed by atoms with Gasteiger partial charge in [-0.25, -0.2) is 4.79 Å². The molecule has 1 fully saturated rings. The minimum Gasteiger partial charge on any atom is -0.322 e. The van der Waals surface area contributed by atoms with Crippen molar-refractivity contribution in [1.29, 1.82) is 0 Å². The number of carbonyl (C=O) groups excluding carboxylic acids is 1. The molecular weight excluding hydrogens is 356 g/mol. The Labute approximate surface area is 144 Å². The van der Waals surface area contributed by atoms with E-state index in [2.05, 4.69) is 31.1 Å². The van der Waals surface area contributed by atoms with Gasteiger partial charge in [0.1, 0.15) is 0 Å². The summed E-state index contributed by atoms with van der Waals surface area (Å²) in [6, 6.07) is 11.7. The van der Waals surface area contributed by atoms with Crippen LogP contribution in [0.5, 0.6) is 0 Å². The highest BCUT2D eigenvalue weighted by Crippen LogP contribution is 2.15. The van der Waals surface area contributed by atoms with E-state index in [0.717, 1.165) is 42.9 Å². The molecule has 0 atom stereocenters. The van der Waals surface area contributed by atoms with Gasteiger partial charge in [0, 0.05) is 55.3 Å². The molecule has 0 bridgehead atoms. The lowest BCUT2D eigenvalue weighted by Gasteiger charge is -2.34. The van der Waals surface area contributed by atoms with Crippen LogP contribution in [0, 0.1) is 0 Å². The van der Waals surface area contributed by atoms with Gasteiger partial charge in [-0.15, -0.1) is 0 Å². The number of urea groups is 1. The zero-order chi connectivity index (χ0) is 16.1. The van der Waals surface area contributed by atoms with Crippen LogP contribution >= 0.6 is 15.9 Å². The summed E-state index contributed by atoms with van der Waals surface area (Å²) in [6.45, 7) is 4.16. The molecule has 1 aliphatic heterocycles. The molecule has 5 nitrogen and oxygen atoms in total. The van der Waals surface area contributed by atoms with Gasteiger partial charge >= 0.3 is 6.03 Å². The average molecular weight is 375 g/mol. The normalized spacial score (nSPS) is 15.4. The second-order valence-electron chi connectivity index (χ2n) is 5.56. The molecule has 23 heavy (non-hydrogen) atoms. The zero-order valence-corrected chi connectivity index (χ0v) is 14.4. The number of aromatic nitrogens is 1. The lowest BCUT2D eigenvalue weighted by atomic mass is 10.2. The Hall–Kier alpha value is -1.92. The van der Waals surface area contributed by atoms with Crippen molar-refractivity contribution >= 4 is 27.6 Å². The lowest BCUT2D eigenvalue weighted by molar-refractivity contribution is 0.143. The quantitative estimate of drug-likeness (QED) is 0.897. The number of benzene rings is 1. The van der Waals surface area contributed by atoms with Gasteiger partial charge in [-0.2, -0.15) is 0 Å². The summed E-state index contributed by atoms with van der Waals surface area (Å²) < 4.78 is 1.00. The Morgan fingerprint density at radius 1 is 1.04 bits per heavy atom. The topological polar surface area (TPSA) is 48.5 Å². The smallest absolute Gasteiger partial charge is 0.321 e. The van der Waals surface area contributed by atoms with Crippen LogP contribution in [0.15, 0.2) is 53.3 Å². The van der Waals surface area contributed by atoms with Crippen LogP contribution in [0.25, 0.3) is 0 Å². The highest BCUT2D eigenvalue weighted by Gasteiger charge is 2.21. The van der Waals surface area contributed by atoms with Crippen LogP contribution in [0.1, 0.15) is 5.56 Å². The molecule has 1 N–H and O–H groups in total.